The summed E-state index contributed by atoms with van der Waals surface area (Å²) in [6, 6.07) is 7.50. The van der Waals surface area contributed by atoms with E-state index in [1.165, 1.54) is 0 Å². The van der Waals surface area contributed by atoms with Gasteiger partial charge in [0, 0.05) is 0 Å². The first kappa shape index (κ1) is 25.3. The minimum Gasteiger partial charge on any atom is -0.481 e. The highest BCUT2D eigenvalue weighted by Gasteiger charge is 2.35. The number of hydrogen-bond donors (Lipinski definition) is 2. The molecule has 32 heavy (non-hydrogen) atoms. The van der Waals surface area contributed by atoms with Crippen LogP contribution in [-0.4, -0.2) is 49.7 Å². The number of carboxylic acids is 2. The van der Waals surface area contributed by atoms with E-state index >= 15 is 0 Å². The molecule has 0 radical (unpaired) electrons. The van der Waals surface area contributed by atoms with Crippen molar-refractivity contribution in [3.8, 4) is 0 Å². The second-order valence-corrected chi connectivity index (χ2v) is 9.15. The molecule has 0 bridgehead atoms. The van der Waals surface area contributed by atoms with Gasteiger partial charge in [-0.25, -0.2) is 4.68 Å². The van der Waals surface area contributed by atoms with Gasteiger partial charge in [0.1, 0.15) is 12.1 Å². The van der Waals surface area contributed by atoms with Gasteiger partial charge < -0.3 is 14.9 Å². The van der Waals surface area contributed by atoms with Crippen molar-refractivity contribution in [3.05, 3.63) is 24.3 Å². The molecule has 1 heterocycles. The Morgan fingerprint density at radius 3 is 2.38 bits per heavy atom. The molecule has 9 nitrogen and oxygen atoms in total. The van der Waals surface area contributed by atoms with Gasteiger partial charge in [0.25, 0.3) is 0 Å². The van der Waals surface area contributed by atoms with Crippen LogP contribution in [0.25, 0.3) is 11.0 Å². The average molecular weight is 448 g/mol. The number of esters is 1. The fourth-order valence-corrected chi connectivity index (χ4v) is 3.46. The van der Waals surface area contributed by atoms with E-state index in [1.54, 1.807) is 32.4 Å². The second kappa shape index (κ2) is 10.6. The maximum atomic E-state index is 12.6. The summed E-state index contributed by atoms with van der Waals surface area (Å²) in [5, 5.41) is 27.1. The van der Waals surface area contributed by atoms with E-state index in [9.17, 15) is 24.6 Å². The topological polar surface area (TPSA) is 132 Å². The molecule has 0 spiro atoms. The first-order valence-electron chi connectivity index (χ1n) is 10.9. The van der Waals surface area contributed by atoms with Crippen molar-refractivity contribution in [1.29, 1.82) is 0 Å². The Hall–Kier alpha value is -2.97. The van der Waals surface area contributed by atoms with E-state index in [4.69, 9.17) is 4.74 Å². The Bertz CT molecular complexity index is 954. The normalized spacial score (nSPS) is 14.6. The third-order valence-corrected chi connectivity index (χ3v) is 6.32. The zero-order valence-electron chi connectivity index (χ0n) is 19.2. The van der Waals surface area contributed by atoms with Gasteiger partial charge in [-0.3, -0.25) is 14.4 Å². The molecule has 0 amide bonds. The van der Waals surface area contributed by atoms with Gasteiger partial charge >= 0.3 is 17.9 Å². The predicted octanol–water partition coefficient (Wildman–Crippen LogP) is 3.76. The maximum Gasteiger partial charge on any atom is 0.311 e. The van der Waals surface area contributed by atoms with Crippen LogP contribution in [0.15, 0.2) is 24.3 Å². The van der Waals surface area contributed by atoms with Crippen molar-refractivity contribution in [2.75, 3.05) is 6.61 Å². The lowest BCUT2D eigenvalue weighted by Crippen LogP contribution is -2.31. The van der Waals surface area contributed by atoms with Crippen LogP contribution in [0.2, 0.25) is 0 Å². The Balaban J connectivity index is 1.87. The second-order valence-electron chi connectivity index (χ2n) is 9.15. The number of ether oxygens (including phenoxy) is 1. The first-order chi connectivity index (χ1) is 15.0. The first-order valence-corrected chi connectivity index (χ1v) is 10.9. The number of benzene rings is 1. The highest BCUT2D eigenvalue weighted by atomic mass is 16.5. The number of rotatable bonds is 13. The molecule has 0 aliphatic carbocycles. The summed E-state index contributed by atoms with van der Waals surface area (Å²) in [6.07, 6.45) is 1.53. The Morgan fingerprint density at radius 1 is 1.09 bits per heavy atom. The van der Waals surface area contributed by atoms with E-state index in [0.717, 1.165) is 11.0 Å². The summed E-state index contributed by atoms with van der Waals surface area (Å²) < 4.78 is 7.10. The lowest BCUT2D eigenvalue weighted by molar-refractivity contribution is -0.155. The molecule has 2 N–H and O–H groups in total. The van der Waals surface area contributed by atoms with Gasteiger partial charge in [0.15, 0.2) is 0 Å². The molecular weight excluding hydrogens is 414 g/mol. The van der Waals surface area contributed by atoms with Crippen LogP contribution < -0.4 is 0 Å². The average Bonchev–Trinajstić information content (AvgIpc) is 3.16. The molecule has 1 aromatic carbocycles. The molecular formula is C23H33N3O6. The van der Waals surface area contributed by atoms with Gasteiger partial charge in [0.05, 0.1) is 28.8 Å². The van der Waals surface area contributed by atoms with E-state index in [2.05, 4.69) is 10.3 Å². The van der Waals surface area contributed by atoms with Gasteiger partial charge in [-0.05, 0) is 65.0 Å². The smallest absolute Gasteiger partial charge is 0.311 e. The summed E-state index contributed by atoms with van der Waals surface area (Å²) in [4.78, 5) is 35.8. The maximum absolute atomic E-state index is 12.6. The fourth-order valence-electron chi connectivity index (χ4n) is 3.46. The predicted molar refractivity (Wildman–Crippen MR) is 118 cm³/mol. The molecule has 9 heteroatoms. The Morgan fingerprint density at radius 2 is 1.75 bits per heavy atom. The highest BCUT2D eigenvalue weighted by molar-refractivity contribution is 5.76. The Kier molecular flexibility index (Phi) is 8.35. The van der Waals surface area contributed by atoms with Gasteiger partial charge in [-0.2, -0.15) is 0 Å². The van der Waals surface area contributed by atoms with Crippen LogP contribution in [0.4, 0.5) is 0 Å². The summed E-state index contributed by atoms with van der Waals surface area (Å²) in [5.41, 5.74) is -0.194. The SMILES string of the molecule is CCC(C)(CCC(CCC(C)(C)C(=O)OCCn1nnc2ccccc21)C(=O)O)C(=O)O. The summed E-state index contributed by atoms with van der Waals surface area (Å²) in [7, 11) is 0. The number of para-hydroxylation sites is 1. The van der Waals surface area contributed by atoms with Crippen molar-refractivity contribution in [2.24, 2.45) is 16.7 Å². The van der Waals surface area contributed by atoms with Crippen LogP contribution in [0.3, 0.4) is 0 Å². The van der Waals surface area contributed by atoms with Crippen LogP contribution >= 0.6 is 0 Å². The minimum absolute atomic E-state index is 0.130. The van der Waals surface area contributed by atoms with Gasteiger partial charge in [-0.15, -0.1) is 5.10 Å². The molecule has 1 aromatic heterocycles. The number of aromatic nitrogens is 3. The minimum atomic E-state index is -0.976. The monoisotopic (exact) mass is 447 g/mol. The number of carboxylic acid groups (broad SMARTS) is 2. The quantitative estimate of drug-likeness (QED) is 0.444. The van der Waals surface area contributed by atoms with E-state index in [1.807, 2.05) is 24.3 Å². The number of aliphatic carboxylic acids is 2. The highest BCUT2D eigenvalue weighted by Crippen LogP contribution is 2.33. The van der Waals surface area contributed by atoms with Crippen LogP contribution in [0.5, 0.6) is 0 Å². The van der Waals surface area contributed by atoms with Crippen LogP contribution in [0, 0.1) is 16.7 Å². The number of carbonyl (C=O) groups is 3. The van der Waals surface area contributed by atoms with Gasteiger partial charge in [0.2, 0.25) is 0 Å². The summed E-state index contributed by atoms with van der Waals surface area (Å²) in [6.45, 7) is 7.37. The molecule has 0 fully saturated rings. The zero-order valence-corrected chi connectivity index (χ0v) is 19.2. The standard InChI is InChI=1S/C23H33N3O6/c1-5-23(4,20(29)30)13-11-16(19(27)28)10-12-22(2,3)21(31)32-15-14-26-18-9-7-6-8-17(18)24-25-26/h6-9,16H,5,10-15H2,1-4H3,(H,27,28)(H,29,30). The number of fused-ring (bicyclic) bond motifs is 1. The number of hydrogen-bond acceptors (Lipinski definition) is 6. The van der Waals surface area contributed by atoms with Crippen molar-refractivity contribution in [2.45, 2.75) is 66.3 Å². The lowest BCUT2D eigenvalue weighted by Gasteiger charge is -2.27. The molecule has 0 saturated carbocycles. The molecule has 2 rings (SSSR count). The molecule has 176 valence electrons. The molecule has 0 aliphatic heterocycles. The number of carbonyl (C=O) groups excluding carboxylic acids is 1. The molecule has 2 aromatic rings. The molecule has 0 saturated heterocycles. The lowest BCUT2D eigenvalue weighted by atomic mass is 9.78. The van der Waals surface area contributed by atoms with Crippen molar-refractivity contribution in [1.82, 2.24) is 15.0 Å². The van der Waals surface area contributed by atoms with E-state index in [-0.39, 0.29) is 25.9 Å². The summed E-state index contributed by atoms with van der Waals surface area (Å²) in [5.74, 6) is -3.02. The molecule has 2 unspecified atom stereocenters. The zero-order chi connectivity index (χ0) is 23.9. The molecule has 2 atom stereocenters. The van der Waals surface area contributed by atoms with Crippen LogP contribution in [0.1, 0.15) is 59.8 Å². The largest absolute Gasteiger partial charge is 0.481 e. The van der Waals surface area contributed by atoms with Crippen molar-refractivity contribution < 1.29 is 29.3 Å². The van der Waals surface area contributed by atoms with Gasteiger partial charge in [-0.1, -0.05) is 24.3 Å². The number of nitrogens with zero attached hydrogens (tertiary/aromatic N) is 3. The van der Waals surface area contributed by atoms with Crippen molar-refractivity contribution in [3.63, 3.8) is 0 Å². The fraction of sp³-hybridized carbons (Fsp3) is 0.609. The molecule has 0 aliphatic rings. The van der Waals surface area contributed by atoms with E-state index in [0.29, 0.717) is 19.4 Å². The summed E-state index contributed by atoms with van der Waals surface area (Å²) >= 11 is 0. The van der Waals surface area contributed by atoms with E-state index < -0.39 is 34.7 Å². The third-order valence-electron chi connectivity index (χ3n) is 6.32. The van der Waals surface area contributed by atoms with Crippen LogP contribution in [-0.2, 0) is 25.7 Å². The third kappa shape index (κ3) is 6.27. The van der Waals surface area contributed by atoms with Crippen molar-refractivity contribution >= 4 is 28.9 Å². The Labute approximate surface area is 187 Å².